The first-order valence-electron chi connectivity index (χ1n) is 37.9. The van der Waals surface area contributed by atoms with Crippen molar-refractivity contribution in [2.75, 3.05) is 0 Å². The summed E-state index contributed by atoms with van der Waals surface area (Å²) in [6.45, 7) is 0. The second kappa shape index (κ2) is 21.6. The van der Waals surface area contributed by atoms with Crippen molar-refractivity contribution < 1.29 is 17.7 Å². The highest BCUT2D eigenvalue weighted by Gasteiger charge is 2.26. The van der Waals surface area contributed by atoms with Gasteiger partial charge in [-0.2, -0.15) is 0 Å². The van der Waals surface area contributed by atoms with Crippen molar-refractivity contribution in [2.45, 2.75) is 0 Å². The van der Waals surface area contributed by atoms with Gasteiger partial charge in [-0.25, -0.2) is 0 Å². The van der Waals surface area contributed by atoms with Crippen molar-refractivity contribution in [2.24, 2.45) is 0 Å². The molecule has 4 heteroatoms. The van der Waals surface area contributed by atoms with Crippen molar-refractivity contribution in [3.8, 4) is 77.9 Å². The second-order valence-corrected chi connectivity index (χ2v) is 30.3. The summed E-state index contributed by atoms with van der Waals surface area (Å²) in [5.41, 5.74) is 23.0. The van der Waals surface area contributed by atoms with Crippen LogP contribution in [0.1, 0.15) is 0 Å². The molecule has 0 fully saturated rings. The van der Waals surface area contributed by atoms with Gasteiger partial charge in [0, 0.05) is 54.2 Å². The standard InChI is InChI=1S/C106H56O4/c1-2-14-71-57(10-1)11-8-17-74(71)85-56-86(84-19-9-18-83-76-15-3-5-20-93(76)109-105(83)84)81-40-30-62-28-38-75(80-42-43-82(85)104(81)103(62)80)91-54-70(55-92-77-16-4-6-21-94(77)110-106(91)92)69-48-67-25-24-61-27-37-73(79-41-31-68(49-69)100(67)102(61)79)66-35-47-98-90(53-66)88-51-64(33-45-96(88)108-98)63-32-44-95-87(50-63)89-52-65(34-46-97(89)107-95)72-36-26-60-23-22-58-12-7-13-59-29-39-78(72)101(60)99(58)59/h1-56H. The molecule has 0 spiro atoms. The van der Waals surface area contributed by atoms with Gasteiger partial charge in [-0.3, -0.25) is 0 Å². The third-order valence-corrected chi connectivity index (χ3v) is 24.7. The van der Waals surface area contributed by atoms with E-state index in [4.69, 9.17) is 17.7 Å². The van der Waals surface area contributed by atoms with Crippen LogP contribution in [0, 0.1) is 0 Å². The summed E-state index contributed by atoms with van der Waals surface area (Å²) in [5, 5.41) is 33.4. The maximum absolute atomic E-state index is 7.09. The molecule has 504 valence electrons. The zero-order valence-corrected chi connectivity index (χ0v) is 59.0. The van der Waals surface area contributed by atoms with Gasteiger partial charge in [0.2, 0.25) is 0 Å². The lowest BCUT2D eigenvalue weighted by atomic mass is 9.83. The predicted octanol–water partition coefficient (Wildman–Crippen LogP) is 30.8. The Morgan fingerprint density at radius 3 is 1.10 bits per heavy atom. The molecule has 26 rings (SSSR count). The molecule has 110 heavy (non-hydrogen) atoms. The van der Waals surface area contributed by atoms with E-state index < -0.39 is 0 Å². The summed E-state index contributed by atoms with van der Waals surface area (Å²) in [6.07, 6.45) is 0. The Morgan fingerprint density at radius 2 is 0.482 bits per heavy atom. The number of furan rings is 4. The SMILES string of the molecule is c1ccc2c(-c3cc(-c4cccc5c4oc4ccccc45)c4ccc5ccc(-c6cc(-c7cc8ccc9ccc(-c%10ccc%11oc%12ccc(-c%13ccc%14oc%15ccc(-c%16ccc%17ccc%18cccc%19ccc%16c%17c%18%19)cc%15c%14c%13)cc%12c%11c%10)c%10ccc(c7)c8c9%10)cc7c6oc6ccccc67)c6ccc3c4c56)cccc2c1. The van der Waals surface area contributed by atoms with Gasteiger partial charge >= 0.3 is 0 Å². The van der Waals surface area contributed by atoms with E-state index in [2.05, 4.69) is 340 Å². The quantitative estimate of drug-likeness (QED) is 0.149. The lowest BCUT2D eigenvalue weighted by molar-refractivity contribution is 0.668. The summed E-state index contributed by atoms with van der Waals surface area (Å²) >= 11 is 0. The minimum Gasteiger partial charge on any atom is -0.456 e. The Kier molecular flexibility index (Phi) is 11.5. The fraction of sp³-hybridized carbons (Fsp3) is 0. The molecule has 26 aromatic rings. The summed E-state index contributed by atoms with van der Waals surface area (Å²) in [7, 11) is 0. The van der Waals surface area contributed by atoms with Crippen LogP contribution in [-0.4, -0.2) is 0 Å². The third kappa shape index (κ3) is 8.12. The van der Waals surface area contributed by atoms with Crippen LogP contribution < -0.4 is 0 Å². The van der Waals surface area contributed by atoms with Gasteiger partial charge in [-0.1, -0.05) is 249 Å². The fourth-order valence-corrected chi connectivity index (χ4v) is 19.7. The Labute approximate surface area is 626 Å². The number of rotatable bonds is 7. The van der Waals surface area contributed by atoms with E-state index in [0.29, 0.717) is 0 Å². The van der Waals surface area contributed by atoms with Gasteiger partial charge in [0.1, 0.15) is 44.7 Å². The zero-order chi connectivity index (χ0) is 71.3. The first-order valence-corrected chi connectivity index (χ1v) is 37.9. The van der Waals surface area contributed by atoms with E-state index in [1.807, 2.05) is 0 Å². The topological polar surface area (TPSA) is 52.6 Å². The molecule has 22 aromatic carbocycles. The molecule has 0 saturated heterocycles. The Hall–Kier alpha value is -14.6. The van der Waals surface area contributed by atoms with E-state index >= 15 is 0 Å². The Balaban J connectivity index is 0.596. The average Bonchev–Trinajstić information content (AvgIpc) is 0.766. The lowest BCUT2D eigenvalue weighted by Crippen LogP contribution is -1.93. The number of hydrogen-bond donors (Lipinski definition) is 0. The fourth-order valence-electron chi connectivity index (χ4n) is 19.7. The molecular formula is C106H56O4. The van der Waals surface area contributed by atoms with E-state index in [1.165, 1.54) is 136 Å². The Morgan fingerprint density at radius 1 is 0.127 bits per heavy atom. The molecule has 0 bridgehead atoms. The van der Waals surface area contributed by atoms with Crippen LogP contribution in [0.4, 0.5) is 0 Å². The molecule has 0 unspecified atom stereocenters. The van der Waals surface area contributed by atoms with Crippen LogP contribution in [0.5, 0.6) is 0 Å². The predicted molar refractivity (Wildman–Crippen MR) is 462 cm³/mol. The molecule has 0 N–H and O–H groups in total. The van der Waals surface area contributed by atoms with Gasteiger partial charge in [-0.15, -0.1) is 0 Å². The Bertz CT molecular complexity index is 8500. The highest BCUT2D eigenvalue weighted by Crippen LogP contribution is 2.53. The average molecular weight is 1390 g/mol. The van der Waals surface area contributed by atoms with E-state index in [0.717, 1.165) is 138 Å². The summed E-state index contributed by atoms with van der Waals surface area (Å²) in [4.78, 5) is 0. The van der Waals surface area contributed by atoms with Crippen molar-refractivity contribution >= 4 is 195 Å². The van der Waals surface area contributed by atoms with Crippen LogP contribution in [0.2, 0.25) is 0 Å². The molecular weight excluding hydrogens is 1340 g/mol. The largest absolute Gasteiger partial charge is 0.456 e. The number of benzene rings is 22. The minimum absolute atomic E-state index is 0.859. The van der Waals surface area contributed by atoms with Crippen LogP contribution in [-0.2, 0) is 0 Å². The summed E-state index contributed by atoms with van der Waals surface area (Å²) in [5.74, 6) is 0. The van der Waals surface area contributed by atoms with E-state index in [-0.39, 0.29) is 0 Å². The van der Waals surface area contributed by atoms with Gasteiger partial charge in [0.25, 0.3) is 0 Å². The highest BCUT2D eigenvalue weighted by molar-refractivity contribution is 6.33. The summed E-state index contributed by atoms with van der Waals surface area (Å²) in [6, 6.07) is 126. The van der Waals surface area contributed by atoms with Gasteiger partial charge < -0.3 is 17.7 Å². The smallest absolute Gasteiger partial charge is 0.143 e. The number of fused-ring (bicyclic) bond motifs is 13. The molecule has 0 radical (unpaired) electrons. The first kappa shape index (κ1) is 58.7. The molecule has 0 aliphatic carbocycles. The molecule has 4 aromatic heterocycles. The maximum Gasteiger partial charge on any atom is 0.143 e. The van der Waals surface area contributed by atoms with Gasteiger partial charge in [0.15, 0.2) is 0 Å². The van der Waals surface area contributed by atoms with Crippen LogP contribution >= 0.6 is 0 Å². The molecule has 4 nitrogen and oxygen atoms in total. The van der Waals surface area contributed by atoms with Crippen molar-refractivity contribution in [3.05, 3.63) is 340 Å². The molecule has 4 heterocycles. The molecule has 0 amide bonds. The normalized spacial score (nSPS) is 12.5. The van der Waals surface area contributed by atoms with Crippen LogP contribution in [0.3, 0.4) is 0 Å². The zero-order valence-electron chi connectivity index (χ0n) is 59.0. The van der Waals surface area contributed by atoms with Crippen molar-refractivity contribution in [3.63, 3.8) is 0 Å². The second-order valence-electron chi connectivity index (χ2n) is 30.3. The van der Waals surface area contributed by atoms with Crippen molar-refractivity contribution in [1.82, 2.24) is 0 Å². The summed E-state index contributed by atoms with van der Waals surface area (Å²) < 4.78 is 27.2. The van der Waals surface area contributed by atoms with Gasteiger partial charge in [-0.05, 0) is 265 Å². The van der Waals surface area contributed by atoms with Crippen LogP contribution in [0.15, 0.2) is 357 Å². The van der Waals surface area contributed by atoms with Crippen molar-refractivity contribution in [1.29, 1.82) is 0 Å². The minimum atomic E-state index is 0.859. The van der Waals surface area contributed by atoms with Gasteiger partial charge in [0.05, 0.1) is 0 Å². The maximum atomic E-state index is 7.09. The molecule has 0 aliphatic rings. The number of hydrogen-bond acceptors (Lipinski definition) is 4. The monoisotopic (exact) mass is 1390 g/mol. The van der Waals surface area contributed by atoms with E-state index in [1.54, 1.807) is 0 Å². The molecule has 0 aliphatic heterocycles. The molecule has 0 atom stereocenters. The lowest BCUT2D eigenvalue weighted by Gasteiger charge is -2.20. The molecule has 0 saturated carbocycles. The van der Waals surface area contributed by atoms with Crippen LogP contribution in [0.25, 0.3) is 273 Å². The third-order valence-electron chi connectivity index (χ3n) is 24.7. The number of para-hydroxylation sites is 3. The highest BCUT2D eigenvalue weighted by atomic mass is 16.3. The first-order chi connectivity index (χ1) is 54.5. The van der Waals surface area contributed by atoms with E-state index in [9.17, 15) is 0 Å².